The Labute approximate surface area is 72.3 Å². The molecule has 0 saturated carbocycles. The van der Waals surface area contributed by atoms with Gasteiger partial charge in [0.2, 0.25) is 0 Å². The predicted octanol–water partition coefficient (Wildman–Crippen LogP) is 3.23. The summed E-state index contributed by atoms with van der Waals surface area (Å²) in [5.74, 6) is 2.29. The smallest absolute Gasteiger partial charge is 0.192 e. The third-order valence-electron chi connectivity index (χ3n) is 2.39. The van der Waals surface area contributed by atoms with Gasteiger partial charge in [-0.3, -0.25) is 0 Å². The van der Waals surface area contributed by atoms with Gasteiger partial charge in [-0.05, 0) is 24.7 Å². The van der Waals surface area contributed by atoms with Crippen LogP contribution in [0.5, 0.6) is 0 Å². The summed E-state index contributed by atoms with van der Waals surface area (Å²) in [4.78, 5) is 0. The van der Waals surface area contributed by atoms with Crippen molar-refractivity contribution in [1.29, 1.82) is 0 Å². The summed E-state index contributed by atoms with van der Waals surface area (Å²) < 4.78 is 25.6. The highest BCUT2D eigenvalue weighted by atomic mass is 19.3. The van der Waals surface area contributed by atoms with E-state index in [9.17, 15) is 8.78 Å². The van der Waals surface area contributed by atoms with Gasteiger partial charge in [0.05, 0.1) is 0 Å². The molecule has 1 atom stereocenters. The van der Waals surface area contributed by atoms with Crippen molar-refractivity contribution in [3.63, 3.8) is 0 Å². The van der Waals surface area contributed by atoms with Crippen LogP contribution in [0.3, 0.4) is 0 Å². The Morgan fingerprint density at radius 3 is 2.83 bits per heavy atom. The lowest BCUT2D eigenvalue weighted by molar-refractivity contribution is 0.0473. The number of alkyl halides is 2. The minimum Gasteiger partial charge on any atom is -0.192 e. The molecule has 1 aliphatic carbocycles. The van der Waals surface area contributed by atoms with Gasteiger partial charge in [0.25, 0.3) is 0 Å². The number of hydrogen-bond donors (Lipinski definition) is 0. The molecule has 1 rings (SSSR count). The van der Waals surface area contributed by atoms with Gasteiger partial charge in [-0.15, -0.1) is 0 Å². The van der Waals surface area contributed by atoms with Crippen LogP contribution >= 0.6 is 0 Å². The van der Waals surface area contributed by atoms with Crippen LogP contribution in [0.1, 0.15) is 39.0 Å². The summed E-state index contributed by atoms with van der Waals surface area (Å²) >= 11 is 0. The van der Waals surface area contributed by atoms with Crippen molar-refractivity contribution in [3.8, 4) is 11.8 Å². The van der Waals surface area contributed by atoms with Crippen LogP contribution in [0.25, 0.3) is 0 Å². The molecular formula is C10H14F2. The Morgan fingerprint density at radius 2 is 2.17 bits per heavy atom. The minimum absolute atomic E-state index is 0.0570. The molecule has 0 heterocycles. The lowest BCUT2D eigenvalue weighted by atomic mass is 9.92. The molecule has 0 aromatic heterocycles. The molecule has 1 unspecified atom stereocenters. The Kier molecular flexibility index (Phi) is 3.08. The van der Waals surface area contributed by atoms with E-state index in [2.05, 4.69) is 12.8 Å². The fourth-order valence-corrected chi connectivity index (χ4v) is 1.47. The molecule has 0 nitrogen and oxygen atoms in total. The summed E-state index contributed by atoms with van der Waals surface area (Å²) in [7, 11) is 0. The molecule has 0 aromatic carbocycles. The lowest BCUT2D eigenvalue weighted by Gasteiger charge is -2.17. The average Bonchev–Trinajstić information content (AvgIpc) is 2.00. The van der Waals surface area contributed by atoms with Crippen molar-refractivity contribution in [3.05, 3.63) is 0 Å². The maximum Gasteiger partial charge on any atom is 0.308 e. The molecule has 0 amide bonds. The third-order valence-corrected chi connectivity index (χ3v) is 2.39. The maximum absolute atomic E-state index is 12.8. The highest BCUT2D eigenvalue weighted by molar-refractivity contribution is 5.10. The molecule has 0 N–H and O–H groups in total. The van der Waals surface area contributed by atoms with Crippen LogP contribution in [0, 0.1) is 17.8 Å². The molecule has 0 aromatic rings. The van der Waals surface area contributed by atoms with Crippen molar-refractivity contribution < 1.29 is 8.78 Å². The second-order valence-electron chi connectivity index (χ2n) is 3.36. The Hall–Kier alpha value is -0.580. The van der Waals surface area contributed by atoms with Crippen molar-refractivity contribution in [2.75, 3.05) is 0 Å². The van der Waals surface area contributed by atoms with Gasteiger partial charge in [-0.25, -0.2) is 0 Å². The van der Waals surface area contributed by atoms with E-state index in [-0.39, 0.29) is 6.42 Å². The van der Waals surface area contributed by atoms with Gasteiger partial charge >= 0.3 is 5.92 Å². The number of rotatable bonds is 1. The van der Waals surface area contributed by atoms with Crippen LogP contribution < -0.4 is 0 Å². The van der Waals surface area contributed by atoms with E-state index >= 15 is 0 Å². The van der Waals surface area contributed by atoms with E-state index in [1.165, 1.54) is 0 Å². The molecular weight excluding hydrogens is 158 g/mol. The molecule has 12 heavy (non-hydrogen) atoms. The summed E-state index contributed by atoms with van der Waals surface area (Å²) in [6.45, 7) is 2.05. The normalized spacial score (nSPS) is 28.1. The topological polar surface area (TPSA) is 0 Å². The zero-order valence-corrected chi connectivity index (χ0v) is 7.37. The van der Waals surface area contributed by atoms with E-state index in [1.54, 1.807) is 0 Å². The van der Waals surface area contributed by atoms with Gasteiger partial charge in [0, 0.05) is 12.8 Å². The minimum atomic E-state index is -2.73. The second kappa shape index (κ2) is 3.89. The number of halogens is 2. The van der Waals surface area contributed by atoms with Crippen molar-refractivity contribution >= 4 is 0 Å². The standard InChI is InChI=1S/C10H14F2/c1-2-9-5-3-4-7-10(11,12)8-6-9/h9H,2-3,5-6,8H2,1H3. The Balaban J connectivity index is 2.56. The monoisotopic (exact) mass is 172 g/mol. The van der Waals surface area contributed by atoms with Gasteiger partial charge in [0.15, 0.2) is 0 Å². The van der Waals surface area contributed by atoms with Crippen molar-refractivity contribution in [2.24, 2.45) is 5.92 Å². The van der Waals surface area contributed by atoms with E-state index in [4.69, 9.17) is 0 Å². The highest BCUT2D eigenvalue weighted by Crippen LogP contribution is 2.27. The molecule has 0 radical (unpaired) electrons. The van der Waals surface area contributed by atoms with E-state index in [0.29, 0.717) is 18.8 Å². The van der Waals surface area contributed by atoms with E-state index < -0.39 is 5.92 Å². The summed E-state index contributed by atoms with van der Waals surface area (Å²) in [5.41, 5.74) is 0. The van der Waals surface area contributed by atoms with Gasteiger partial charge < -0.3 is 0 Å². The van der Waals surface area contributed by atoms with Crippen LogP contribution in [0.2, 0.25) is 0 Å². The lowest BCUT2D eigenvalue weighted by Crippen LogP contribution is -2.16. The van der Waals surface area contributed by atoms with Crippen LogP contribution in [-0.2, 0) is 0 Å². The molecule has 68 valence electrons. The largest absolute Gasteiger partial charge is 0.308 e. The maximum atomic E-state index is 12.8. The first-order valence-electron chi connectivity index (χ1n) is 4.52. The van der Waals surface area contributed by atoms with Crippen molar-refractivity contribution in [2.45, 2.75) is 45.0 Å². The SMILES string of the molecule is CCC1CCC#CC(F)(F)CC1. The van der Waals surface area contributed by atoms with Crippen molar-refractivity contribution in [1.82, 2.24) is 0 Å². The first-order valence-corrected chi connectivity index (χ1v) is 4.52. The molecule has 0 fully saturated rings. The Bertz CT molecular complexity index is 198. The van der Waals surface area contributed by atoms with Crippen LogP contribution in [0.4, 0.5) is 8.78 Å². The first-order chi connectivity index (χ1) is 5.64. The van der Waals surface area contributed by atoms with Crippen LogP contribution in [0.15, 0.2) is 0 Å². The quantitative estimate of drug-likeness (QED) is 0.533. The molecule has 0 bridgehead atoms. The third kappa shape index (κ3) is 2.81. The fraction of sp³-hybridized carbons (Fsp3) is 0.800. The van der Waals surface area contributed by atoms with E-state index in [0.717, 1.165) is 12.8 Å². The Morgan fingerprint density at radius 1 is 1.42 bits per heavy atom. The zero-order valence-electron chi connectivity index (χ0n) is 7.37. The van der Waals surface area contributed by atoms with Gasteiger partial charge in [0.1, 0.15) is 0 Å². The van der Waals surface area contributed by atoms with Crippen LogP contribution in [-0.4, -0.2) is 5.92 Å². The zero-order chi connectivity index (χ0) is 9.03. The molecule has 0 spiro atoms. The summed E-state index contributed by atoms with van der Waals surface area (Å²) in [6.07, 6.45) is 3.18. The van der Waals surface area contributed by atoms with Gasteiger partial charge in [-0.2, -0.15) is 8.78 Å². The average molecular weight is 172 g/mol. The summed E-state index contributed by atoms with van der Waals surface area (Å²) in [6, 6.07) is 0. The highest BCUT2D eigenvalue weighted by Gasteiger charge is 2.27. The van der Waals surface area contributed by atoms with Gasteiger partial charge in [-0.1, -0.05) is 19.3 Å². The molecule has 0 aliphatic heterocycles. The summed E-state index contributed by atoms with van der Waals surface area (Å²) in [5, 5.41) is 0. The second-order valence-corrected chi connectivity index (χ2v) is 3.36. The number of hydrogen-bond acceptors (Lipinski definition) is 0. The molecule has 2 heteroatoms. The first kappa shape index (κ1) is 9.51. The predicted molar refractivity (Wildman–Crippen MR) is 45.0 cm³/mol. The molecule has 1 aliphatic rings. The molecule has 0 saturated heterocycles. The fourth-order valence-electron chi connectivity index (χ4n) is 1.47. The van der Waals surface area contributed by atoms with E-state index in [1.807, 2.05) is 5.92 Å².